The van der Waals surface area contributed by atoms with Crippen molar-refractivity contribution in [3.05, 3.63) is 35.9 Å². The number of likely N-dealkylation sites (tertiary alicyclic amines) is 1. The molecule has 2 rings (SSSR count). The molecule has 1 aromatic carbocycles. The molecule has 2 unspecified atom stereocenters. The van der Waals surface area contributed by atoms with Crippen molar-refractivity contribution < 1.29 is 19.1 Å². The molecule has 132 valence electrons. The normalized spacial score (nSPS) is 20.6. The van der Waals surface area contributed by atoms with Gasteiger partial charge in [0.15, 0.2) is 0 Å². The van der Waals surface area contributed by atoms with Crippen LogP contribution in [0, 0.1) is 0 Å². The summed E-state index contributed by atoms with van der Waals surface area (Å²) in [5, 5.41) is 2.71. The summed E-state index contributed by atoms with van der Waals surface area (Å²) in [5.41, 5.74) is 6.34. The molecule has 1 aliphatic heterocycles. The van der Waals surface area contributed by atoms with Crippen molar-refractivity contribution in [3.8, 4) is 0 Å². The molecule has 2 atom stereocenters. The maximum absolute atomic E-state index is 12.1. The number of nitrogens with two attached hydrogens (primary N) is 1. The van der Waals surface area contributed by atoms with E-state index >= 15 is 0 Å². The second-order valence-corrected chi connectivity index (χ2v) is 6.86. The highest BCUT2D eigenvalue weighted by atomic mass is 16.6. The smallest absolute Gasteiger partial charge is 0.410 e. The molecule has 1 aliphatic rings. The predicted octanol–water partition coefficient (Wildman–Crippen LogP) is 1.86. The van der Waals surface area contributed by atoms with Crippen LogP contribution in [0.1, 0.15) is 26.3 Å². The lowest BCUT2D eigenvalue weighted by molar-refractivity contribution is 0.0288. The summed E-state index contributed by atoms with van der Waals surface area (Å²) in [7, 11) is 0. The van der Waals surface area contributed by atoms with Gasteiger partial charge in [0.2, 0.25) is 0 Å². The van der Waals surface area contributed by atoms with Gasteiger partial charge in [-0.25, -0.2) is 9.59 Å². The molecular weight excluding hydrogens is 310 g/mol. The average Bonchev–Trinajstić information content (AvgIpc) is 2.86. The lowest BCUT2D eigenvalue weighted by atomic mass is 10.2. The maximum Gasteiger partial charge on any atom is 0.410 e. The Morgan fingerprint density at radius 3 is 2.54 bits per heavy atom. The van der Waals surface area contributed by atoms with Gasteiger partial charge in [-0.05, 0) is 26.3 Å². The molecule has 0 aliphatic carbocycles. The molecule has 0 spiro atoms. The molecule has 7 nitrogen and oxygen atoms in total. The maximum atomic E-state index is 12.1. The Kier molecular flexibility index (Phi) is 5.66. The van der Waals surface area contributed by atoms with Gasteiger partial charge in [-0.2, -0.15) is 0 Å². The van der Waals surface area contributed by atoms with E-state index in [0.29, 0.717) is 13.1 Å². The van der Waals surface area contributed by atoms with Crippen LogP contribution in [0.5, 0.6) is 0 Å². The number of ether oxygens (including phenoxy) is 2. The molecule has 0 aromatic heterocycles. The molecule has 0 radical (unpaired) electrons. The zero-order valence-corrected chi connectivity index (χ0v) is 14.3. The molecule has 0 saturated carbocycles. The van der Waals surface area contributed by atoms with Crippen LogP contribution >= 0.6 is 0 Å². The van der Waals surface area contributed by atoms with Gasteiger partial charge in [0.05, 0.1) is 6.04 Å². The standard InChI is InChI=1S/C17H25N3O4/c1-17(2,3)24-16(22)20-9-13(18)14(10-20)19-15(21)23-11-12-7-5-4-6-8-12/h4-8,13-14H,9-11,18H2,1-3H3,(H,19,21). The van der Waals surface area contributed by atoms with Crippen molar-refractivity contribution in [2.45, 2.75) is 45.1 Å². The van der Waals surface area contributed by atoms with E-state index in [9.17, 15) is 9.59 Å². The third-order valence-corrected chi connectivity index (χ3v) is 3.53. The molecule has 1 aromatic rings. The molecule has 7 heteroatoms. The average molecular weight is 335 g/mol. The predicted molar refractivity (Wildman–Crippen MR) is 89.3 cm³/mol. The Balaban J connectivity index is 1.80. The summed E-state index contributed by atoms with van der Waals surface area (Å²) in [6, 6.07) is 8.68. The summed E-state index contributed by atoms with van der Waals surface area (Å²) < 4.78 is 10.5. The van der Waals surface area contributed by atoms with E-state index in [4.69, 9.17) is 15.2 Å². The minimum Gasteiger partial charge on any atom is -0.445 e. The number of hydrogen-bond acceptors (Lipinski definition) is 5. The van der Waals surface area contributed by atoms with E-state index in [1.165, 1.54) is 4.90 Å². The van der Waals surface area contributed by atoms with E-state index in [2.05, 4.69) is 5.32 Å². The number of carbonyl (C=O) groups is 2. The molecule has 3 N–H and O–H groups in total. The Bertz CT molecular complexity index is 571. The van der Waals surface area contributed by atoms with E-state index < -0.39 is 17.8 Å². The van der Waals surface area contributed by atoms with Gasteiger partial charge in [-0.1, -0.05) is 30.3 Å². The lowest BCUT2D eigenvalue weighted by Crippen LogP contribution is -2.46. The fraction of sp³-hybridized carbons (Fsp3) is 0.529. The number of carbonyl (C=O) groups excluding carboxylic acids is 2. The fourth-order valence-electron chi connectivity index (χ4n) is 2.37. The van der Waals surface area contributed by atoms with Crippen molar-refractivity contribution in [2.24, 2.45) is 5.73 Å². The van der Waals surface area contributed by atoms with Crippen molar-refractivity contribution in [1.82, 2.24) is 10.2 Å². The van der Waals surface area contributed by atoms with Gasteiger partial charge in [-0.3, -0.25) is 0 Å². The number of rotatable bonds is 3. The summed E-state index contributed by atoms with van der Waals surface area (Å²) in [4.78, 5) is 25.5. The van der Waals surface area contributed by atoms with E-state index in [0.717, 1.165) is 5.56 Å². The van der Waals surface area contributed by atoms with E-state index in [1.807, 2.05) is 30.3 Å². The van der Waals surface area contributed by atoms with Crippen LogP contribution < -0.4 is 11.1 Å². The molecular formula is C17H25N3O4. The second kappa shape index (κ2) is 7.53. The van der Waals surface area contributed by atoms with Crippen LogP contribution in [0.15, 0.2) is 30.3 Å². The second-order valence-electron chi connectivity index (χ2n) is 6.86. The van der Waals surface area contributed by atoms with Crippen LogP contribution in [0.25, 0.3) is 0 Å². The number of amides is 2. The van der Waals surface area contributed by atoms with Crippen LogP contribution in [0.2, 0.25) is 0 Å². The van der Waals surface area contributed by atoms with Crippen LogP contribution in [0.3, 0.4) is 0 Å². The van der Waals surface area contributed by atoms with Gasteiger partial charge >= 0.3 is 12.2 Å². The zero-order valence-electron chi connectivity index (χ0n) is 14.3. The first-order valence-electron chi connectivity index (χ1n) is 7.95. The van der Waals surface area contributed by atoms with Crippen molar-refractivity contribution in [1.29, 1.82) is 0 Å². The van der Waals surface area contributed by atoms with Crippen molar-refractivity contribution in [2.75, 3.05) is 13.1 Å². The minimum atomic E-state index is -0.568. The first-order chi connectivity index (χ1) is 11.2. The Labute approximate surface area is 142 Å². The highest BCUT2D eigenvalue weighted by molar-refractivity contribution is 5.70. The molecule has 0 bridgehead atoms. The lowest BCUT2D eigenvalue weighted by Gasteiger charge is -2.24. The topological polar surface area (TPSA) is 93.9 Å². The minimum absolute atomic E-state index is 0.185. The SMILES string of the molecule is CC(C)(C)OC(=O)N1CC(N)C(NC(=O)OCc2ccccc2)C1. The van der Waals surface area contributed by atoms with Gasteiger partial charge in [0, 0.05) is 19.1 Å². The number of nitrogens with zero attached hydrogens (tertiary/aromatic N) is 1. The van der Waals surface area contributed by atoms with Crippen LogP contribution in [-0.2, 0) is 16.1 Å². The third-order valence-electron chi connectivity index (χ3n) is 3.53. The van der Waals surface area contributed by atoms with Gasteiger partial charge in [0.1, 0.15) is 12.2 Å². The van der Waals surface area contributed by atoms with Gasteiger partial charge in [0.25, 0.3) is 0 Å². The van der Waals surface area contributed by atoms with Crippen molar-refractivity contribution in [3.63, 3.8) is 0 Å². The Hall–Kier alpha value is -2.28. The van der Waals surface area contributed by atoms with Crippen LogP contribution in [0.4, 0.5) is 9.59 Å². The summed E-state index contributed by atoms with van der Waals surface area (Å²) in [6.07, 6.45) is -0.981. The largest absolute Gasteiger partial charge is 0.445 e. The van der Waals surface area contributed by atoms with Crippen LogP contribution in [-0.4, -0.2) is 47.9 Å². The number of alkyl carbamates (subject to hydrolysis) is 1. The Morgan fingerprint density at radius 2 is 1.92 bits per heavy atom. The molecule has 1 saturated heterocycles. The first-order valence-corrected chi connectivity index (χ1v) is 7.95. The first kappa shape index (κ1) is 18.1. The molecule has 24 heavy (non-hydrogen) atoms. The molecule has 1 fully saturated rings. The Morgan fingerprint density at radius 1 is 1.25 bits per heavy atom. The summed E-state index contributed by atoms with van der Waals surface area (Å²) in [5.74, 6) is 0. The quantitative estimate of drug-likeness (QED) is 0.879. The number of hydrogen-bond donors (Lipinski definition) is 2. The van der Waals surface area contributed by atoms with Gasteiger partial charge < -0.3 is 25.4 Å². The third kappa shape index (κ3) is 5.42. The van der Waals surface area contributed by atoms with Gasteiger partial charge in [-0.15, -0.1) is 0 Å². The number of nitrogens with one attached hydrogen (secondary N) is 1. The molecule has 2 amide bonds. The summed E-state index contributed by atoms with van der Waals surface area (Å²) >= 11 is 0. The fourth-order valence-corrected chi connectivity index (χ4v) is 2.37. The van der Waals surface area contributed by atoms with Crippen molar-refractivity contribution >= 4 is 12.2 Å². The highest BCUT2D eigenvalue weighted by Crippen LogP contribution is 2.15. The summed E-state index contributed by atoms with van der Waals surface area (Å²) in [6.45, 7) is 6.23. The van der Waals surface area contributed by atoms with E-state index in [-0.39, 0.29) is 18.7 Å². The van der Waals surface area contributed by atoms with E-state index in [1.54, 1.807) is 20.8 Å². The monoisotopic (exact) mass is 335 g/mol. The number of benzene rings is 1. The highest BCUT2D eigenvalue weighted by Gasteiger charge is 2.36. The zero-order chi connectivity index (χ0) is 17.7. The molecule has 1 heterocycles.